The zero-order valence-electron chi connectivity index (χ0n) is 9.57. The molecular weight excluding hydrogens is 192 g/mol. The number of hydrogen-bond donors (Lipinski definition) is 1. The van der Waals surface area contributed by atoms with Crippen LogP contribution >= 0.6 is 0 Å². The standard InChI is InChI=1S/C11H20N2O2/c1-3-5-9(8-10(14)15)11-12-6-4-7-13(11)2/h9H,3-8H2,1-2H3,(H,14,15). The van der Waals surface area contributed by atoms with Crippen LogP contribution < -0.4 is 0 Å². The number of carboxylic acids is 1. The minimum absolute atomic E-state index is 0.0952. The lowest BCUT2D eigenvalue weighted by molar-refractivity contribution is -0.137. The van der Waals surface area contributed by atoms with E-state index in [0.29, 0.717) is 0 Å². The lowest BCUT2D eigenvalue weighted by Gasteiger charge is -2.30. The molecule has 1 unspecified atom stereocenters. The number of aliphatic carboxylic acids is 1. The first-order valence-electron chi connectivity index (χ1n) is 5.62. The van der Waals surface area contributed by atoms with Gasteiger partial charge in [-0.25, -0.2) is 0 Å². The largest absolute Gasteiger partial charge is 0.481 e. The molecule has 0 amide bonds. The van der Waals surface area contributed by atoms with Crippen LogP contribution in [-0.4, -0.2) is 41.9 Å². The molecule has 0 saturated carbocycles. The molecule has 0 fully saturated rings. The third-order valence-corrected chi connectivity index (χ3v) is 2.74. The summed E-state index contributed by atoms with van der Waals surface area (Å²) >= 11 is 0. The maximum Gasteiger partial charge on any atom is 0.304 e. The molecule has 1 atom stereocenters. The minimum atomic E-state index is -0.727. The van der Waals surface area contributed by atoms with E-state index in [1.807, 2.05) is 7.05 Å². The molecule has 0 spiro atoms. The van der Waals surface area contributed by atoms with Crippen LogP contribution in [0.1, 0.15) is 32.6 Å². The van der Waals surface area contributed by atoms with Gasteiger partial charge in [0.15, 0.2) is 0 Å². The Kier molecular flexibility index (Phi) is 4.59. The average molecular weight is 212 g/mol. The lowest BCUT2D eigenvalue weighted by Crippen LogP contribution is -2.38. The quantitative estimate of drug-likeness (QED) is 0.753. The van der Waals surface area contributed by atoms with Crippen molar-refractivity contribution in [2.24, 2.45) is 10.9 Å². The van der Waals surface area contributed by atoms with Gasteiger partial charge in [0.25, 0.3) is 0 Å². The molecule has 0 saturated heterocycles. The Hall–Kier alpha value is -1.06. The van der Waals surface area contributed by atoms with Crippen LogP contribution in [0, 0.1) is 5.92 Å². The summed E-state index contributed by atoms with van der Waals surface area (Å²) in [5.41, 5.74) is 0. The highest BCUT2D eigenvalue weighted by Gasteiger charge is 2.23. The number of nitrogens with zero attached hydrogens (tertiary/aromatic N) is 2. The van der Waals surface area contributed by atoms with Crippen LogP contribution in [0.25, 0.3) is 0 Å². The van der Waals surface area contributed by atoms with Gasteiger partial charge >= 0.3 is 5.97 Å². The van der Waals surface area contributed by atoms with Crippen LogP contribution in [-0.2, 0) is 4.79 Å². The minimum Gasteiger partial charge on any atom is -0.481 e. The topological polar surface area (TPSA) is 52.9 Å². The van der Waals surface area contributed by atoms with Gasteiger partial charge in [-0.3, -0.25) is 9.79 Å². The SMILES string of the molecule is CCCC(CC(=O)O)C1=NCCCN1C. The second-order valence-corrected chi connectivity index (χ2v) is 4.10. The maximum atomic E-state index is 10.8. The number of aliphatic imine (C=N–C) groups is 1. The van der Waals surface area contributed by atoms with Crippen molar-refractivity contribution in [2.45, 2.75) is 32.6 Å². The highest BCUT2D eigenvalue weighted by atomic mass is 16.4. The first-order valence-corrected chi connectivity index (χ1v) is 5.62. The van der Waals surface area contributed by atoms with Crippen LogP contribution in [0.3, 0.4) is 0 Å². The third kappa shape index (κ3) is 3.53. The van der Waals surface area contributed by atoms with E-state index in [4.69, 9.17) is 5.11 Å². The molecule has 0 aromatic rings. The second-order valence-electron chi connectivity index (χ2n) is 4.10. The summed E-state index contributed by atoms with van der Waals surface area (Å²) in [7, 11) is 2.00. The monoisotopic (exact) mass is 212 g/mol. The molecule has 4 nitrogen and oxygen atoms in total. The van der Waals surface area contributed by atoms with E-state index in [-0.39, 0.29) is 12.3 Å². The van der Waals surface area contributed by atoms with Gasteiger partial charge in [0.1, 0.15) is 5.84 Å². The normalized spacial score (nSPS) is 18.5. The van der Waals surface area contributed by atoms with Crippen molar-refractivity contribution < 1.29 is 9.90 Å². The fourth-order valence-corrected chi connectivity index (χ4v) is 2.06. The van der Waals surface area contributed by atoms with Gasteiger partial charge in [0.2, 0.25) is 0 Å². The summed E-state index contributed by atoms with van der Waals surface area (Å²) in [6.45, 7) is 3.93. The van der Waals surface area contributed by atoms with Crippen LogP contribution in [0.2, 0.25) is 0 Å². The fourth-order valence-electron chi connectivity index (χ4n) is 2.06. The Balaban J connectivity index is 2.68. The third-order valence-electron chi connectivity index (χ3n) is 2.74. The van der Waals surface area contributed by atoms with Gasteiger partial charge in [-0.1, -0.05) is 13.3 Å². The Morgan fingerprint density at radius 2 is 2.40 bits per heavy atom. The van der Waals surface area contributed by atoms with E-state index in [0.717, 1.165) is 38.2 Å². The number of hydrogen-bond acceptors (Lipinski definition) is 3. The Bertz CT molecular complexity index is 251. The Morgan fingerprint density at radius 1 is 1.67 bits per heavy atom. The number of rotatable bonds is 5. The second kappa shape index (κ2) is 5.73. The lowest BCUT2D eigenvalue weighted by atomic mass is 9.97. The molecule has 0 radical (unpaired) electrons. The molecule has 4 heteroatoms. The summed E-state index contributed by atoms with van der Waals surface area (Å²) in [5.74, 6) is 0.360. The average Bonchev–Trinajstić information content (AvgIpc) is 2.17. The van der Waals surface area contributed by atoms with E-state index < -0.39 is 5.97 Å². The summed E-state index contributed by atoms with van der Waals surface area (Å²) in [5, 5.41) is 8.85. The number of carbonyl (C=O) groups is 1. The molecule has 0 aromatic heterocycles. The van der Waals surface area contributed by atoms with Crippen molar-refractivity contribution in [1.82, 2.24) is 4.90 Å². The predicted molar refractivity (Wildman–Crippen MR) is 60.2 cm³/mol. The van der Waals surface area contributed by atoms with E-state index in [9.17, 15) is 4.79 Å². The summed E-state index contributed by atoms with van der Waals surface area (Å²) in [4.78, 5) is 17.3. The van der Waals surface area contributed by atoms with Crippen molar-refractivity contribution in [1.29, 1.82) is 0 Å². The van der Waals surface area contributed by atoms with Gasteiger partial charge in [0, 0.05) is 26.1 Å². The first-order chi connectivity index (χ1) is 7.15. The Morgan fingerprint density at radius 3 is 2.93 bits per heavy atom. The van der Waals surface area contributed by atoms with E-state index in [1.54, 1.807) is 0 Å². The van der Waals surface area contributed by atoms with Crippen LogP contribution in [0.4, 0.5) is 0 Å². The number of carboxylic acid groups (broad SMARTS) is 1. The predicted octanol–water partition coefficient (Wildman–Crippen LogP) is 1.61. The van der Waals surface area contributed by atoms with E-state index >= 15 is 0 Å². The molecule has 0 bridgehead atoms. The molecule has 1 aliphatic heterocycles. The zero-order chi connectivity index (χ0) is 11.3. The van der Waals surface area contributed by atoms with Gasteiger partial charge in [0.05, 0.1) is 6.42 Å². The van der Waals surface area contributed by atoms with Crippen LogP contribution in [0.5, 0.6) is 0 Å². The van der Waals surface area contributed by atoms with Gasteiger partial charge in [-0.2, -0.15) is 0 Å². The van der Waals surface area contributed by atoms with Crippen molar-refractivity contribution in [2.75, 3.05) is 20.1 Å². The molecule has 0 aromatic carbocycles. The van der Waals surface area contributed by atoms with Crippen molar-refractivity contribution in [3.8, 4) is 0 Å². The molecule has 1 rings (SSSR count). The smallest absolute Gasteiger partial charge is 0.304 e. The number of amidine groups is 1. The van der Waals surface area contributed by atoms with Gasteiger partial charge in [-0.05, 0) is 12.8 Å². The van der Waals surface area contributed by atoms with E-state index in [1.165, 1.54) is 0 Å². The van der Waals surface area contributed by atoms with Gasteiger partial charge in [-0.15, -0.1) is 0 Å². The summed E-state index contributed by atoms with van der Waals surface area (Å²) in [6, 6.07) is 0. The molecule has 86 valence electrons. The molecule has 1 N–H and O–H groups in total. The maximum absolute atomic E-state index is 10.8. The first kappa shape index (κ1) is 12.0. The molecule has 1 heterocycles. The molecule has 1 aliphatic rings. The zero-order valence-corrected chi connectivity index (χ0v) is 9.57. The van der Waals surface area contributed by atoms with Crippen molar-refractivity contribution in [3.63, 3.8) is 0 Å². The molecule has 15 heavy (non-hydrogen) atoms. The van der Waals surface area contributed by atoms with E-state index in [2.05, 4.69) is 16.8 Å². The van der Waals surface area contributed by atoms with Crippen molar-refractivity contribution in [3.05, 3.63) is 0 Å². The summed E-state index contributed by atoms with van der Waals surface area (Å²) < 4.78 is 0. The van der Waals surface area contributed by atoms with Crippen molar-refractivity contribution >= 4 is 11.8 Å². The summed E-state index contributed by atoms with van der Waals surface area (Å²) in [6.07, 6.45) is 3.20. The highest BCUT2D eigenvalue weighted by molar-refractivity contribution is 5.88. The fraction of sp³-hybridized carbons (Fsp3) is 0.818. The Labute approximate surface area is 91.0 Å². The van der Waals surface area contributed by atoms with Gasteiger partial charge < -0.3 is 10.0 Å². The molecule has 0 aliphatic carbocycles. The highest BCUT2D eigenvalue weighted by Crippen LogP contribution is 2.18. The van der Waals surface area contributed by atoms with Crippen LogP contribution in [0.15, 0.2) is 4.99 Å². The molecular formula is C11H20N2O2.